The Morgan fingerprint density at radius 3 is 2.66 bits per heavy atom. The van der Waals surface area contributed by atoms with Crippen molar-refractivity contribution < 1.29 is 9.59 Å². The number of para-hydroxylation sites is 1. The molecule has 1 aromatic heterocycles. The van der Waals surface area contributed by atoms with E-state index in [2.05, 4.69) is 47.2 Å². The topological polar surface area (TPSA) is 70.5 Å². The minimum atomic E-state index is -0.667. The summed E-state index contributed by atoms with van der Waals surface area (Å²) in [4.78, 5) is 34.5. The summed E-state index contributed by atoms with van der Waals surface area (Å²) in [6, 6.07) is 13.3. The molecule has 8 heteroatoms. The number of aromatic nitrogens is 2. The molecule has 3 aromatic rings. The Kier molecular flexibility index (Phi) is 5.17. The number of hydrogen-bond acceptors (Lipinski definition) is 5. The Morgan fingerprint density at radius 2 is 1.88 bits per heavy atom. The van der Waals surface area contributed by atoms with Gasteiger partial charge in [0.05, 0.1) is 11.9 Å². The predicted molar refractivity (Wildman–Crippen MR) is 128 cm³/mol. The molecule has 2 amide bonds. The maximum atomic E-state index is 13.1. The standard InChI is InChI=1S/C24H25N5O2S/c1-15-7-8-16(2)19(13-15)27-9-11-28(12-10-27)21(30)14-20-23(31)26-22-17-5-3-4-6-18(17)25-24(32)29(20)22/h3-8,13,20H,9-12,14H2,1-2H3,(H,26,31). The third-order valence-corrected chi connectivity index (χ3v) is 6.67. The van der Waals surface area contributed by atoms with Crippen LogP contribution in [0.4, 0.5) is 11.5 Å². The summed E-state index contributed by atoms with van der Waals surface area (Å²) >= 11 is 5.47. The lowest BCUT2D eigenvalue weighted by Gasteiger charge is -2.37. The lowest BCUT2D eigenvalue weighted by molar-refractivity contribution is -0.134. The summed E-state index contributed by atoms with van der Waals surface area (Å²) in [5, 5.41) is 3.74. The van der Waals surface area contributed by atoms with Crippen LogP contribution in [0, 0.1) is 18.6 Å². The van der Waals surface area contributed by atoms with Crippen molar-refractivity contribution in [2.75, 3.05) is 36.4 Å². The summed E-state index contributed by atoms with van der Waals surface area (Å²) in [5.41, 5.74) is 4.43. The van der Waals surface area contributed by atoms with E-state index < -0.39 is 6.04 Å². The number of rotatable bonds is 3. The first-order chi connectivity index (χ1) is 15.4. The smallest absolute Gasteiger partial charge is 0.249 e. The van der Waals surface area contributed by atoms with E-state index in [4.69, 9.17) is 12.2 Å². The second-order valence-corrected chi connectivity index (χ2v) is 8.86. The summed E-state index contributed by atoms with van der Waals surface area (Å²) in [5.74, 6) is 0.383. The van der Waals surface area contributed by atoms with Crippen LogP contribution in [-0.4, -0.2) is 52.4 Å². The molecule has 7 nitrogen and oxygen atoms in total. The van der Waals surface area contributed by atoms with Crippen LogP contribution in [0.1, 0.15) is 23.6 Å². The van der Waals surface area contributed by atoms with E-state index in [1.165, 1.54) is 16.8 Å². The number of benzene rings is 2. The fourth-order valence-electron chi connectivity index (χ4n) is 4.62. The van der Waals surface area contributed by atoms with Gasteiger partial charge in [0.15, 0.2) is 0 Å². The summed E-state index contributed by atoms with van der Waals surface area (Å²) in [6.07, 6.45) is 0.0800. The number of carbonyl (C=O) groups excluding carboxylic acids is 2. The highest BCUT2D eigenvalue weighted by Crippen LogP contribution is 2.33. The Bertz CT molecular complexity index is 1290. The van der Waals surface area contributed by atoms with Crippen molar-refractivity contribution in [1.82, 2.24) is 14.5 Å². The van der Waals surface area contributed by atoms with Crippen LogP contribution in [0.5, 0.6) is 0 Å². The molecular formula is C24H25N5O2S. The Labute approximate surface area is 191 Å². The van der Waals surface area contributed by atoms with Crippen LogP contribution in [0.25, 0.3) is 10.9 Å². The SMILES string of the molecule is Cc1ccc(C)c(N2CCN(C(=O)CC3C(=O)Nc4c5ccccc5nc(=S)n43)CC2)c1. The number of carbonyl (C=O) groups is 2. The number of hydrogen-bond donors (Lipinski definition) is 1. The van der Waals surface area contributed by atoms with Crippen LogP contribution in [-0.2, 0) is 9.59 Å². The normalized spacial score (nSPS) is 18.1. The van der Waals surface area contributed by atoms with Crippen molar-refractivity contribution >= 4 is 46.4 Å². The first-order valence-electron chi connectivity index (χ1n) is 10.8. The molecule has 1 fully saturated rings. The van der Waals surface area contributed by atoms with Crippen LogP contribution < -0.4 is 10.2 Å². The number of anilines is 2. The third-order valence-electron chi connectivity index (χ3n) is 6.38. The molecule has 32 heavy (non-hydrogen) atoms. The number of nitrogens with one attached hydrogen (secondary N) is 1. The van der Waals surface area contributed by atoms with Crippen molar-refractivity contribution in [1.29, 1.82) is 0 Å². The van der Waals surface area contributed by atoms with Crippen LogP contribution in [0.15, 0.2) is 42.5 Å². The fraction of sp³-hybridized carbons (Fsp3) is 0.333. The molecule has 1 atom stereocenters. The van der Waals surface area contributed by atoms with Gasteiger partial charge in [-0.25, -0.2) is 4.98 Å². The zero-order chi connectivity index (χ0) is 22.4. The van der Waals surface area contributed by atoms with Gasteiger partial charge in [0.1, 0.15) is 11.9 Å². The minimum Gasteiger partial charge on any atom is -0.368 e. The monoisotopic (exact) mass is 447 g/mol. The van der Waals surface area contributed by atoms with Gasteiger partial charge in [-0.05, 0) is 55.4 Å². The molecule has 0 spiro atoms. The van der Waals surface area contributed by atoms with Crippen LogP contribution in [0.2, 0.25) is 0 Å². The molecule has 1 N–H and O–H groups in total. The van der Waals surface area contributed by atoms with E-state index in [9.17, 15) is 9.59 Å². The first-order valence-corrected chi connectivity index (χ1v) is 11.3. The molecule has 0 radical (unpaired) electrons. The zero-order valence-electron chi connectivity index (χ0n) is 18.2. The van der Waals surface area contributed by atoms with E-state index in [1.807, 2.05) is 29.2 Å². The summed E-state index contributed by atoms with van der Waals surface area (Å²) < 4.78 is 2.01. The first kappa shape index (κ1) is 20.6. The van der Waals surface area contributed by atoms with Gasteiger partial charge in [0.2, 0.25) is 16.6 Å². The van der Waals surface area contributed by atoms with E-state index >= 15 is 0 Å². The van der Waals surface area contributed by atoms with E-state index in [-0.39, 0.29) is 18.2 Å². The zero-order valence-corrected chi connectivity index (χ0v) is 19.0. The highest BCUT2D eigenvalue weighted by molar-refractivity contribution is 7.71. The maximum absolute atomic E-state index is 13.1. The van der Waals surface area contributed by atoms with Gasteiger partial charge >= 0.3 is 0 Å². The van der Waals surface area contributed by atoms with Gasteiger partial charge in [-0.3, -0.25) is 14.2 Å². The highest BCUT2D eigenvalue weighted by atomic mass is 32.1. The number of nitrogens with zero attached hydrogens (tertiary/aromatic N) is 4. The quantitative estimate of drug-likeness (QED) is 0.621. The predicted octanol–water partition coefficient (Wildman–Crippen LogP) is 3.61. The van der Waals surface area contributed by atoms with Gasteiger partial charge in [-0.2, -0.15) is 0 Å². The van der Waals surface area contributed by atoms with Gasteiger partial charge in [0.25, 0.3) is 0 Å². The van der Waals surface area contributed by atoms with E-state index in [0.29, 0.717) is 23.7 Å². The van der Waals surface area contributed by atoms with Crippen LogP contribution in [0.3, 0.4) is 0 Å². The van der Waals surface area contributed by atoms with Gasteiger partial charge < -0.3 is 15.1 Å². The Morgan fingerprint density at radius 1 is 1.12 bits per heavy atom. The summed E-state index contributed by atoms with van der Waals surface area (Å²) in [7, 11) is 0. The summed E-state index contributed by atoms with van der Waals surface area (Å²) in [6.45, 7) is 7.02. The lowest BCUT2D eigenvalue weighted by Crippen LogP contribution is -2.49. The minimum absolute atomic E-state index is 0.0336. The molecule has 164 valence electrons. The second-order valence-electron chi connectivity index (χ2n) is 8.50. The molecule has 3 heterocycles. The third kappa shape index (κ3) is 3.54. The molecule has 2 aliphatic rings. The molecule has 0 aliphatic carbocycles. The van der Waals surface area contributed by atoms with Gasteiger partial charge in [-0.15, -0.1) is 0 Å². The van der Waals surface area contributed by atoms with Gasteiger partial charge in [-0.1, -0.05) is 24.3 Å². The van der Waals surface area contributed by atoms with E-state index in [1.54, 1.807) is 4.57 Å². The highest BCUT2D eigenvalue weighted by Gasteiger charge is 2.35. The van der Waals surface area contributed by atoms with Crippen LogP contribution >= 0.6 is 12.2 Å². The Balaban J connectivity index is 1.32. The van der Waals surface area contributed by atoms with Crippen molar-refractivity contribution in [3.63, 3.8) is 0 Å². The van der Waals surface area contributed by atoms with Crippen molar-refractivity contribution in [3.8, 4) is 0 Å². The van der Waals surface area contributed by atoms with E-state index in [0.717, 1.165) is 24.0 Å². The Hall–Kier alpha value is -3.26. The molecule has 5 rings (SSSR count). The second kappa shape index (κ2) is 8.02. The number of piperazine rings is 1. The molecule has 0 bridgehead atoms. The van der Waals surface area contributed by atoms with Crippen molar-refractivity contribution in [2.45, 2.75) is 26.3 Å². The number of fused-ring (bicyclic) bond motifs is 3. The van der Waals surface area contributed by atoms with Crippen molar-refractivity contribution in [2.24, 2.45) is 0 Å². The molecule has 0 saturated carbocycles. The number of aryl methyl sites for hydroxylation is 2. The number of amides is 2. The maximum Gasteiger partial charge on any atom is 0.249 e. The molecule has 2 aliphatic heterocycles. The average Bonchev–Trinajstić information content (AvgIpc) is 3.12. The van der Waals surface area contributed by atoms with Crippen molar-refractivity contribution in [3.05, 3.63) is 58.4 Å². The molecule has 1 unspecified atom stereocenters. The molecular weight excluding hydrogens is 422 g/mol. The fourth-order valence-corrected chi connectivity index (χ4v) is 4.94. The molecule has 1 saturated heterocycles. The largest absolute Gasteiger partial charge is 0.368 e. The lowest BCUT2D eigenvalue weighted by atomic mass is 10.1. The molecule has 2 aromatic carbocycles. The average molecular weight is 448 g/mol. The van der Waals surface area contributed by atoms with Gasteiger partial charge in [0, 0.05) is 37.3 Å².